The highest BCUT2D eigenvalue weighted by molar-refractivity contribution is 5.67. The number of nitrogens with zero attached hydrogens (tertiary/aromatic N) is 2. The predicted molar refractivity (Wildman–Crippen MR) is 62.8 cm³/mol. The standard InChI is InChI=1S/C12H18N2O3/c1-13-4-6-14(7-5-13)10(9-12(15)16)11-3-2-8-17-11/h2-3,8,10H,4-7,9H2,1H3,(H,15,16). The van der Waals surface area contributed by atoms with Crippen molar-refractivity contribution in [3.63, 3.8) is 0 Å². The van der Waals surface area contributed by atoms with E-state index in [1.165, 1.54) is 0 Å². The molecule has 1 fully saturated rings. The molecule has 1 unspecified atom stereocenters. The van der Waals surface area contributed by atoms with Gasteiger partial charge in [-0.1, -0.05) is 0 Å². The first-order chi connectivity index (χ1) is 8.16. The second-order valence-corrected chi connectivity index (χ2v) is 4.47. The Morgan fingerprint density at radius 2 is 2.18 bits per heavy atom. The number of furan rings is 1. The molecule has 0 aromatic carbocycles. The Morgan fingerprint density at radius 3 is 2.71 bits per heavy atom. The number of carboxylic acids is 1. The van der Waals surface area contributed by atoms with E-state index in [9.17, 15) is 4.79 Å². The average Bonchev–Trinajstić information content (AvgIpc) is 2.80. The van der Waals surface area contributed by atoms with Crippen molar-refractivity contribution in [2.75, 3.05) is 33.2 Å². The molecule has 0 saturated carbocycles. The van der Waals surface area contributed by atoms with Gasteiger partial charge in [-0.05, 0) is 19.2 Å². The molecule has 2 heterocycles. The summed E-state index contributed by atoms with van der Waals surface area (Å²) in [5, 5.41) is 8.99. The quantitative estimate of drug-likeness (QED) is 0.849. The van der Waals surface area contributed by atoms with Crippen LogP contribution in [-0.4, -0.2) is 54.1 Å². The molecule has 0 amide bonds. The van der Waals surface area contributed by atoms with Crippen molar-refractivity contribution in [2.24, 2.45) is 0 Å². The highest BCUT2D eigenvalue weighted by atomic mass is 16.4. The van der Waals surface area contributed by atoms with E-state index in [2.05, 4.69) is 16.8 Å². The molecule has 5 nitrogen and oxygen atoms in total. The van der Waals surface area contributed by atoms with Gasteiger partial charge in [-0.3, -0.25) is 9.69 Å². The Hall–Kier alpha value is -1.33. The molecular weight excluding hydrogens is 220 g/mol. The maximum absolute atomic E-state index is 10.9. The number of carbonyl (C=O) groups is 1. The van der Waals surface area contributed by atoms with Crippen molar-refractivity contribution in [1.29, 1.82) is 0 Å². The fourth-order valence-electron chi connectivity index (χ4n) is 2.19. The van der Waals surface area contributed by atoms with E-state index in [0.29, 0.717) is 0 Å². The van der Waals surface area contributed by atoms with E-state index < -0.39 is 5.97 Å². The summed E-state index contributed by atoms with van der Waals surface area (Å²) in [5.74, 6) is -0.0396. The summed E-state index contributed by atoms with van der Waals surface area (Å²) in [6, 6.07) is 3.52. The lowest BCUT2D eigenvalue weighted by Gasteiger charge is -2.36. The van der Waals surface area contributed by atoms with Gasteiger partial charge < -0.3 is 14.4 Å². The summed E-state index contributed by atoms with van der Waals surface area (Å²) >= 11 is 0. The predicted octanol–water partition coefficient (Wildman–Crippen LogP) is 1.04. The summed E-state index contributed by atoms with van der Waals surface area (Å²) in [4.78, 5) is 15.4. The molecule has 1 aromatic heterocycles. The smallest absolute Gasteiger partial charge is 0.305 e. The largest absolute Gasteiger partial charge is 0.481 e. The molecule has 94 valence electrons. The number of rotatable bonds is 4. The lowest BCUT2D eigenvalue weighted by molar-refractivity contribution is -0.138. The lowest BCUT2D eigenvalue weighted by atomic mass is 10.1. The van der Waals surface area contributed by atoms with Gasteiger partial charge in [0.05, 0.1) is 18.7 Å². The third-order valence-electron chi connectivity index (χ3n) is 3.22. The third kappa shape index (κ3) is 3.08. The molecule has 5 heteroatoms. The van der Waals surface area contributed by atoms with Crippen LogP contribution in [-0.2, 0) is 4.79 Å². The van der Waals surface area contributed by atoms with Crippen molar-refractivity contribution < 1.29 is 14.3 Å². The zero-order valence-electron chi connectivity index (χ0n) is 10.0. The SMILES string of the molecule is CN1CCN(C(CC(=O)O)c2ccco2)CC1. The van der Waals surface area contributed by atoms with Crippen LogP contribution in [0.5, 0.6) is 0 Å². The molecule has 0 bridgehead atoms. The lowest BCUT2D eigenvalue weighted by Crippen LogP contribution is -2.46. The summed E-state index contributed by atoms with van der Waals surface area (Å²) in [6.07, 6.45) is 1.69. The monoisotopic (exact) mass is 238 g/mol. The zero-order chi connectivity index (χ0) is 12.3. The number of likely N-dealkylation sites (N-methyl/N-ethyl adjacent to an activating group) is 1. The summed E-state index contributed by atoms with van der Waals surface area (Å²) in [5.41, 5.74) is 0. The molecule has 0 aliphatic carbocycles. The molecule has 2 rings (SSSR count). The molecule has 0 spiro atoms. The Kier molecular flexibility index (Phi) is 3.81. The van der Waals surface area contributed by atoms with Crippen LogP contribution in [0.3, 0.4) is 0 Å². The van der Waals surface area contributed by atoms with E-state index in [1.54, 1.807) is 12.3 Å². The topological polar surface area (TPSA) is 56.9 Å². The molecule has 0 radical (unpaired) electrons. The van der Waals surface area contributed by atoms with Gasteiger partial charge in [-0.25, -0.2) is 0 Å². The van der Waals surface area contributed by atoms with Crippen LogP contribution in [0, 0.1) is 0 Å². The van der Waals surface area contributed by atoms with Gasteiger partial charge in [-0.15, -0.1) is 0 Å². The fraction of sp³-hybridized carbons (Fsp3) is 0.583. The van der Waals surface area contributed by atoms with Crippen molar-refractivity contribution in [3.8, 4) is 0 Å². The van der Waals surface area contributed by atoms with E-state index in [1.807, 2.05) is 6.07 Å². The molecule has 17 heavy (non-hydrogen) atoms. The average molecular weight is 238 g/mol. The van der Waals surface area contributed by atoms with Crippen LogP contribution in [0.4, 0.5) is 0 Å². The molecule has 1 saturated heterocycles. The van der Waals surface area contributed by atoms with Gasteiger partial charge in [0.15, 0.2) is 0 Å². The Bertz CT molecular complexity index is 356. The van der Waals surface area contributed by atoms with Gasteiger partial charge in [-0.2, -0.15) is 0 Å². The summed E-state index contributed by atoms with van der Waals surface area (Å²) in [7, 11) is 2.08. The van der Waals surface area contributed by atoms with E-state index in [-0.39, 0.29) is 12.5 Å². The maximum Gasteiger partial charge on any atom is 0.305 e. The van der Waals surface area contributed by atoms with Crippen LogP contribution in [0.25, 0.3) is 0 Å². The maximum atomic E-state index is 10.9. The van der Waals surface area contributed by atoms with Crippen molar-refractivity contribution in [2.45, 2.75) is 12.5 Å². The van der Waals surface area contributed by atoms with E-state index in [4.69, 9.17) is 9.52 Å². The Labute approximate surface area is 101 Å². The molecule has 1 aliphatic rings. The third-order valence-corrected chi connectivity index (χ3v) is 3.22. The molecule has 1 atom stereocenters. The van der Waals surface area contributed by atoms with Gasteiger partial charge in [0.1, 0.15) is 5.76 Å². The van der Waals surface area contributed by atoms with E-state index in [0.717, 1.165) is 31.9 Å². The van der Waals surface area contributed by atoms with Crippen LogP contribution in [0.15, 0.2) is 22.8 Å². The fourth-order valence-corrected chi connectivity index (χ4v) is 2.19. The number of aliphatic carboxylic acids is 1. The van der Waals surface area contributed by atoms with Crippen LogP contribution < -0.4 is 0 Å². The first-order valence-electron chi connectivity index (χ1n) is 5.84. The molecule has 1 N–H and O–H groups in total. The Balaban J connectivity index is 2.07. The minimum atomic E-state index is -0.787. The van der Waals surface area contributed by atoms with Crippen molar-refractivity contribution in [1.82, 2.24) is 9.80 Å². The number of carboxylic acid groups (broad SMARTS) is 1. The van der Waals surface area contributed by atoms with Crippen LogP contribution in [0.1, 0.15) is 18.2 Å². The highest BCUT2D eigenvalue weighted by Gasteiger charge is 2.27. The highest BCUT2D eigenvalue weighted by Crippen LogP contribution is 2.25. The normalized spacial score (nSPS) is 20.3. The molecular formula is C12H18N2O3. The van der Waals surface area contributed by atoms with Gasteiger partial charge in [0.25, 0.3) is 0 Å². The summed E-state index contributed by atoms with van der Waals surface area (Å²) in [6.45, 7) is 3.71. The first-order valence-corrected chi connectivity index (χ1v) is 5.84. The summed E-state index contributed by atoms with van der Waals surface area (Å²) < 4.78 is 5.36. The number of piperazine rings is 1. The van der Waals surface area contributed by atoms with Crippen LogP contribution in [0.2, 0.25) is 0 Å². The van der Waals surface area contributed by atoms with Gasteiger partial charge in [0, 0.05) is 26.2 Å². The van der Waals surface area contributed by atoms with Gasteiger partial charge >= 0.3 is 5.97 Å². The first kappa shape index (κ1) is 12.1. The minimum absolute atomic E-state index is 0.0945. The zero-order valence-corrected chi connectivity index (χ0v) is 10.0. The number of hydrogen-bond acceptors (Lipinski definition) is 4. The number of hydrogen-bond donors (Lipinski definition) is 1. The van der Waals surface area contributed by atoms with E-state index >= 15 is 0 Å². The Morgan fingerprint density at radius 1 is 1.47 bits per heavy atom. The molecule has 1 aromatic rings. The van der Waals surface area contributed by atoms with Gasteiger partial charge in [0.2, 0.25) is 0 Å². The van der Waals surface area contributed by atoms with Crippen LogP contribution >= 0.6 is 0 Å². The second kappa shape index (κ2) is 5.33. The minimum Gasteiger partial charge on any atom is -0.481 e. The van der Waals surface area contributed by atoms with Crippen molar-refractivity contribution >= 4 is 5.97 Å². The molecule has 1 aliphatic heterocycles. The second-order valence-electron chi connectivity index (χ2n) is 4.47. The van der Waals surface area contributed by atoms with Crippen molar-refractivity contribution in [3.05, 3.63) is 24.2 Å².